The standard InChI is InChI=1S/C19H20Cl2N2O3S/c1-27(24,25)26-18(13-3-2-6-22-10-13)14-8-19(9-14)11-23(12-19)15-4-5-16(20)17(21)7-15/h2-7,10,14,18H,8-9,11-12H2,1H3/t18-/m1/s1. The first-order valence-corrected chi connectivity index (χ1v) is 11.3. The number of nitrogens with zero attached hydrogens (tertiary/aromatic N) is 2. The summed E-state index contributed by atoms with van der Waals surface area (Å²) in [7, 11) is -3.55. The summed E-state index contributed by atoms with van der Waals surface area (Å²) in [6.45, 7) is 1.86. The van der Waals surface area contributed by atoms with Gasteiger partial charge in [0.2, 0.25) is 0 Å². The third-order valence-electron chi connectivity index (χ3n) is 5.43. The van der Waals surface area contributed by atoms with Crippen LogP contribution in [0.15, 0.2) is 42.7 Å². The van der Waals surface area contributed by atoms with E-state index < -0.39 is 16.2 Å². The lowest BCUT2D eigenvalue weighted by Crippen LogP contribution is -2.63. The average molecular weight is 427 g/mol. The van der Waals surface area contributed by atoms with Crippen LogP contribution in [0.4, 0.5) is 5.69 Å². The van der Waals surface area contributed by atoms with Gasteiger partial charge in [0.05, 0.1) is 16.3 Å². The van der Waals surface area contributed by atoms with Crippen molar-refractivity contribution in [2.75, 3.05) is 24.2 Å². The summed E-state index contributed by atoms with van der Waals surface area (Å²) < 4.78 is 28.9. The number of hydrogen-bond donors (Lipinski definition) is 0. The van der Waals surface area contributed by atoms with Crippen molar-refractivity contribution >= 4 is 39.0 Å². The summed E-state index contributed by atoms with van der Waals surface area (Å²) in [6, 6.07) is 9.35. The highest BCUT2D eigenvalue weighted by Gasteiger charge is 2.55. The molecule has 2 fully saturated rings. The molecule has 0 amide bonds. The van der Waals surface area contributed by atoms with E-state index in [1.807, 2.05) is 24.3 Å². The Labute approximate surface area is 169 Å². The molecule has 1 aromatic carbocycles. The molecular weight excluding hydrogens is 407 g/mol. The average Bonchev–Trinajstić information content (AvgIpc) is 2.54. The van der Waals surface area contributed by atoms with Gasteiger partial charge in [0.15, 0.2) is 0 Å². The molecule has 0 radical (unpaired) electrons. The second kappa shape index (κ2) is 6.92. The Balaban J connectivity index is 1.42. The van der Waals surface area contributed by atoms with Crippen LogP contribution in [0.25, 0.3) is 0 Å². The van der Waals surface area contributed by atoms with Crippen LogP contribution in [0.5, 0.6) is 0 Å². The van der Waals surface area contributed by atoms with Gasteiger partial charge in [0.1, 0.15) is 6.10 Å². The monoisotopic (exact) mass is 426 g/mol. The largest absolute Gasteiger partial charge is 0.370 e. The molecule has 1 saturated carbocycles. The lowest BCUT2D eigenvalue weighted by molar-refractivity contribution is -0.0386. The lowest BCUT2D eigenvalue weighted by atomic mass is 9.56. The van der Waals surface area contributed by atoms with Crippen molar-refractivity contribution in [2.24, 2.45) is 11.3 Å². The van der Waals surface area contributed by atoms with Crippen LogP contribution in [-0.4, -0.2) is 32.7 Å². The van der Waals surface area contributed by atoms with Gasteiger partial charge in [-0.15, -0.1) is 0 Å². The fraction of sp³-hybridized carbons (Fsp3) is 0.421. The van der Waals surface area contributed by atoms with Crippen LogP contribution in [0.1, 0.15) is 24.5 Å². The molecule has 0 unspecified atom stereocenters. The summed E-state index contributed by atoms with van der Waals surface area (Å²) in [5.41, 5.74) is 2.09. The molecular formula is C19H20Cl2N2O3S. The van der Waals surface area contributed by atoms with Crippen LogP contribution < -0.4 is 4.90 Å². The molecule has 144 valence electrons. The zero-order chi connectivity index (χ0) is 19.2. The molecule has 2 aliphatic rings. The highest BCUT2D eigenvalue weighted by Crippen LogP contribution is 2.57. The minimum atomic E-state index is -3.55. The van der Waals surface area contributed by atoms with Crippen molar-refractivity contribution in [1.29, 1.82) is 0 Å². The van der Waals surface area contributed by atoms with Gasteiger partial charge in [-0.05, 0) is 43.0 Å². The molecule has 1 aliphatic heterocycles. The SMILES string of the molecule is CS(=O)(=O)O[C@H](c1cccnc1)C1CC2(C1)CN(c1ccc(Cl)c(Cl)c1)C2. The lowest BCUT2D eigenvalue weighted by Gasteiger charge is -2.61. The van der Waals surface area contributed by atoms with Gasteiger partial charge in [-0.3, -0.25) is 9.17 Å². The molecule has 5 nitrogen and oxygen atoms in total. The second-order valence-corrected chi connectivity index (χ2v) is 10.0. The summed E-state index contributed by atoms with van der Waals surface area (Å²) >= 11 is 12.1. The number of benzene rings is 1. The Morgan fingerprint density at radius 1 is 1.22 bits per heavy atom. The Bertz CT molecular complexity index is 939. The first-order valence-electron chi connectivity index (χ1n) is 8.73. The van der Waals surface area contributed by atoms with E-state index in [4.69, 9.17) is 27.4 Å². The maximum atomic E-state index is 11.7. The Morgan fingerprint density at radius 2 is 1.96 bits per heavy atom. The molecule has 27 heavy (non-hydrogen) atoms. The van der Waals surface area contributed by atoms with E-state index in [0.717, 1.165) is 43.4 Å². The quantitative estimate of drug-likeness (QED) is 0.666. The van der Waals surface area contributed by atoms with Crippen molar-refractivity contribution < 1.29 is 12.6 Å². The summed E-state index contributed by atoms with van der Waals surface area (Å²) in [4.78, 5) is 6.38. The fourth-order valence-electron chi connectivity index (χ4n) is 4.29. The summed E-state index contributed by atoms with van der Waals surface area (Å²) in [5, 5.41) is 1.11. The van der Waals surface area contributed by atoms with E-state index >= 15 is 0 Å². The molecule has 0 bridgehead atoms. The van der Waals surface area contributed by atoms with E-state index in [2.05, 4.69) is 9.88 Å². The third-order valence-corrected chi connectivity index (χ3v) is 6.73. The molecule has 1 atom stereocenters. The van der Waals surface area contributed by atoms with Crippen molar-refractivity contribution in [1.82, 2.24) is 4.98 Å². The van der Waals surface area contributed by atoms with Gasteiger partial charge in [-0.1, -0.05) is 29.3 Å². The van der Waals surface area contributed by atoms with E-state index in [9.17, 15) is 8.42 Å². The van der Waals surface area contributed by atoms with Gasteiger partial charge in [0, 0.05) is 42.1 Å². The smallest absolute Gasteiger partial charge is 0.264 e. The Hall–Kier alpha value is -1.34. The maximum absolute atomic E-state index is 11.7. The summed E-state index contributed by atoms with van der Waals surface area (Å²) in [6.07, 6.45) is 5.84. The fourth-order valence-corrected chi connectivity index (χ4v) is 5.23. The van der Waals surface area contributed by atoms with Crippen molar-refractivity contribution in [2.45, 2.75) is 18.9 Å². The maximum Gasteiger partial charge on any atom is 0.264 e. The Morgan fingerprint density at radius 3 is 2.56 bits per heavy atom. The van der Waals surface area contributed by atoms with Crippen molar-refractivity contribution in [3.05, 3.63) is 58.3 Å². The third kappa shape index (κ3) is 3.94. The number of anilines is 1. The summed E-state index contributed by atoms with van der Waals surface area (Å²) in [5.74, 6) is 0.167. The molecule has 1 saturated heterocycles. The molecule has 4 rings (SSSR count). The second-order valence-electron chi connectivity index (χ2n) is 7.63. The molecule has 1 aromatic heterocycles. The molecule has 1 spiro atoms. The van der Waals surface area contributed by atoms with Gasteiger partial charge in [-0.2, -0.15) is 8.42 Å². The van der Waals surface area contributed by atoms with Crippen LogP contribution in [-0.2, 0) is 14.3 Å². The normalized spacial score (nSPS) is 20.2. The Kier molecular flexibility index (Phi) is 4.87. The number of aromatic nitrogens is 1. The van der Waals surface area contributed by atoms with E-state index in [1.54, 1.807) is 18.5 Å². The van der Waals surface area contributed by atoms with Crippen LogP contribution in [0.3, 0.4) is 0 Å². The van der Waals surface area contributed by atoms with Crippen LogP contribution >= 0.6 is 23.2 Å². The minimum Gasteiger partial charge on any atom is -0.370 e. The number of halogens is 2. The number of pyridine rings is 1. The van der Waals surface area contributed by atoms with Crippen LogP contribution in [0.2, 0.25) is 10.0 Å². The molecule has 1 aliphatic carbocycles. The van der Waals surface area contributed by atoms with E-state index in [-0.39, 0.29) is 11.3 Å². The van der Waals surface area contributed by atoms with Gasteiger partial charge < -0.3 is 4.90 Å². The zero-order valence-corrected chi connectivity index (χ0v) is 17.1. The zero-order valence-electron chi connectivity index (χ0n) is 14.8. The van der Waals surface area contributed by atoms with Gasteiger partial charge in [-0.25, -0.2) is 0 Å². The van der Waals surface area contributed by atoms with E-state index in [1.165, 1.54) is 0 Å². The predicted molar refractivity (Wildman–Crippen MR) is 107 cm³/mol. The van der Waals surface area contributed by atoms with E-state index in [0.29, 0.717) is 10.0 Å². The topological polar surface area (TPSA) is 59.5 Å². The van der Waals surface area contributed by atoms with Crippen molar-refractivity contribution in [3.63, 3.8) is 0 Å². The van der Waals surface area contributed by atoms with Crippen molar-refractivity contribution in [3.8, 4) is 0 Å². The molecule has 8 heteroatoms. The highest BCUT2D eigenvalue weighted by molar-refractivity contribution is 7.86. The van der Waals surface area contributed by atoms with Gasteiger partial charge in [0.25, 0.3) is 10.1 Å². The first kappa shape index (κ1) is 19.0. The predicted octanol–water partition coefficient (Wildman–Crippen LogP) is 4.32. The number of hydrogen-bond acceptors (Lipinski definition) is 5. The number of rotatable bonds is 5. The molecule has 0 N–H and O–H groups in total. The minimum absolute atomic E-state index is 0.167. The van der Waals surface area contributed by atoms with Crippen LogP contribution in [0, 0.1) is 11.3 Å². The molecule has 2 heterocycles. The molecule has 2 aromatic rings. The van der Waals surface area contributed by atoms with Gasteiger partial charge >= 0.3 is 0 Å². The first-order chi connectivity index (χ1) is 12.7. The highest BCUT2D eigenvalue weighted by atomic mass is 35.5.